The van der Waals surface area contributed by atoms with E-state index in [9.17, 15) is 14.0 Å². The van der Waals surface area contributed by atoms with Crippen LogP contribution in [0.2, 0.25) is 0 Å². The molecule has 1 fully saturated rings. The molecule has 0 saturated carbocycles. The van der Waals surface area contributed by atoms with E-state index in [0.717, 1.165) is 5.56 Å². The van der Waals surface area contributed by atoms with Crippen molar-refractivity contribution in [1.82, 2.24) is 15.5 Å². The number of hydrogen-bond acceptors (Lipinski definition) is 3. The molecule has 3 amide bonds. The molecule has 1 aliphatic rings. The summed E-state index contributed by atoms with van der Waals surface area (Å²) in [5.74, 6) is -0.0967. The zero-order valence-electron chi connectivity index (χ0n) is 17.1. The molecule has 2 aromatic rings. The smallest absolute Gasteiger partial charge is 0.317 e. The molecule has 1 aromatic carbocycles. The summed E-state index contributed by atoms with van der Waals surface area (Å²) in [5.41, 5.74) is 1.50. The van der Waals surface area contributed by atoms with Gasteiger partial charge in [0.25, 0.3) is 0 Å². The molecule has 2 N–H and O–H groups in total. The van der Waals surface area contributed by atoms with Gasteiger partial charge in [-0.1, -0.05) is 12.1 Å². The lowest BCUT2D eigenvalue weighted by atomic mass is 9.83. The molecule has 0 aliphatic carbocycles. The van der Waals surface area contributed by atoms with Gasteiger partial charge in [0.2, 0.25) is 5.91 Å². The van der Waals surface area contributed by atoms with E-state index in [1.807, 2.05) is 19.9 Å². The Morgan fingerprint density at radius 2 is 2.07 bits per heavy atom. The van der Waals surface area contributed by atoms with Gasteiger partial charge >= 0.3 is 6.03 Å². The number of carbonyl (C=O) groups is 2. The van der Waals surface area contributed by atoms with Crippen molar-refractivity contribution in [2.45, 2.75) is 45.7 Å². The molecule has 29 heavy (non-hydrogen) atoms. The first-order chi connectivity index (χ1) is 13.8. The molecule has 2 atom stereocenters. The normalized spacial score (nSPS) is 19.3. The van der Waals surface area contributed by atoms with Crippen molar-refractivity contribution in [2.24, 2.45) is 5.92 Å². The zero-order valence-corrected chi connectivity index (χ0v) is 17.1. The minimum absolute atomic E-state index is 0.00201. The maximum Gasteiger partial charge on any atom is 0.317 e. The average Bonchev–Trinajstić information content (AvgIpc) is 3.21. The molecule has 156 valence electrons. The first kappa shape index (κ1) is 20.9. The SMILES string of the molecule is Cc1cc([C@H]2C[C@H](C(=O)NCc3ccco3)CN(C(=O)NC(C)C)C2)ccc1F. The van der Waals surface area contributed by atoms with Crippen LogP contribution in [0.4, 0.5) is 9.18 Å². The van der Waals surface area contributed by atoms with Crippen molar-refractivity contribution < 1.29 is 18.4 Å². The summed E-state index contributed by atoms with van der Waals surface area (Å²) < 4.78 is 19.0. The Morgan fingerprint density at radius 3 is 2.72 bits per heavy atom. The van der Waals surface area contributed by atoms with Crippen LogP contribution in [0.1, 0.15) is 43.1 Å². The van der Waals surface area contributed by atoms with E-state index < -0.39 is 0 Å². The zero-order chi connectivity index (χ0) is 21.0. The van der Waals surface area contributed by atoms with E-state index >= 15 is 0 Å². The van der Waals surface area contributed by atoms with E-state index in [1.54, 1.807) is 36.3 Å². The molecule has 1 saturated heterocycles. The highest BCUT2D eigenvalue weighted by atomic mass is 19.1. The quantitative estimate of drug-likeness (QED) is 0.804. The van der Waals surface area contributed by atoms with Gasteiger partial charge in [-0.15, -0.1) is 0 Å². The summed E-state index contributed by atoms with van der Waals surface area (Å²) in [6, 6.07) is 8.38. The van der Waals surface area contributed by atoms with Gasteiger partial charge in [0.05, 0.1) is 18.7 Å². The molecule has 2 heterocycles. The van der Waals surface area contributed by atoms with E-state index in [0.29, 0.717) is 37.4 Å². The number of rotatable bonds is 5. The molecule has 0 radical (unpaired) electrons. The number of halogens is 1. The summed E-state index contributed by atoms with van der Waals surface area (Å²) in [6.07, 6.45) is 2.16. The van der Waals surface area contributed by atoms with Gasteiger partial charge in [-0.3, -0.25) is 4.79 Å². The van der Waals surface area contributed by atoms with Gasteiger partial charge in [0.1, 0.15) is 11.6 Å². The van der Waals surface area contributed by atoms with Crippen LogP contribution >= 0.6 is 0 Å². The lowest BCUT2D eigenvalue weighted by molar-refractivity contribution is -0.126. The first-order valence-corrected chi connectivity index (χ1v) is 9.95. The molecule has 6 nitrogen and oxygen atoms in total. The van der Waals surface area contributed by atoms with Crippen molar-refractivity contribution in [3.8, 4) is 0 Å². The number of piperidine rings is 1. The monoisotopic (exact) mass is 401 g/mol. The molecule has 0 spiro atoms. The van der Waals surface area contributed by atoms with Crippen LogP contribution in [0, 0.1) is 18.7 Å². The van der Waals surface area contributed by atoms with Crippen LogP contribution in [-0.4, -0.2) is 36.0 Å². The Labute approximate surface area is 170 Å². The summed E-state index contributed by atoms with van der Waals surface area (Å²) in [5, 5.41) is 5.80. The number of aryl methyl sites for hydroxylation is 1. The lowest BCUT2D eigenvalue weighted by Crippen LogP contribution is -2.52. The minimum atomic E-state index is -0.355. The van der Waals surface area contributed by atoms with Crippen LogP contribution < -0.4 is 10.6 Å². The van der Waals surface area contributed by atoms with Crippen molar-refractivity contribution in [1.29, 1.82) is 0 Å². The topological polar surface area (TPSA) is 74.6 Å². The maximum absolute atomic E-state index is 13.7. The standard InChI is InChI=1S/C22H28FN3O3/c1-14(2)25-22(28)26-12-17(16-6-7-20(23)15(3)9-16)10-18(13-26)21(27)24-11-19-5-4-8-29-19/h4-9,14,17-18H,10-13H2,1-3H3,(H,24,27)(H,25,28)/t17-,18-/m0/s1. The van der Waals surface area contributed by atoms with Crippen molar-refractivity contribution >= 4 is 11.9 Å². The van der Waals surface area contributed by atoms with Crippen LogP contribution in [0.5, 0.6) is 0 Å². The van der Waals surface area contributed by atoms with Crippen LogP contribution in [0.15, 0.2) is 41.0 Å². The van der Waals surface area contributed by atoms with Gasteiger partial charge in [0, 0.05) is 25.0 Å². The van der Waals surface area contributed by atoms with Gasteiger partial charge in [-0.25, -0.2) is 9.18 Å². The highest BCUT2D eigenvalue weighted by Crippen LogP contribution is 2.31. The molecule has 7 heteroatoms. The van der Waals surface area contributed by atoms with E-state index in [-0.39, 0.29) is 35.6 Å². The third-order valence-corrected chi connectivity index (χ3v) is 5.19. The molecule has 3 rings (SSSR count). The Hall–Kier alpha value is -2.83. The Kier molecular flexibility index (Phi) is 6.56. The van der Waals surface area contributed by atoms with E-state index in [4.69, 9.17) is 4.42 Å². The molecule has 0 bridgehead atoms. The fourth-order valence-corrected chi connectivity index (χ4v) is 3.69. The second kappa shape index (κ2) is 9.11. The number of nitrogens with one attached hydrogen (secondary N) is 2. The third-order valence-electron chi connectivity index (χ3n) is 5.19. The molecule has 1 aliphatic heterocycles. The highest BCUT2D eigenvalue weighted by Gasteiger charge is 2.34. The lowest BCUT2D eigenvalue weighted by Gasteiger charge is -2.37. The number of nitrogens with zero attached hydrogens (tertiary/aromatic N) is 1. The molecular weight excluding hydrogens is 373 g/mol. The van der Waals surface area contributed by atoms with Gasteiger partial charge in [-0.05, 0) is 56.5 Å². The summed E-state index contributed by atoms with van der Waals surface area (Å²) in [6.45, 7) is 6.66. The van der Waals surface area contributed by atoms with Crippen LogP contribution in [-0.2, 0) is 11.3 Å². The maximum atomic E-state index is 13.7. The Balaban J connectivity index is 1.76. The van der Waals surface area contributed by atoms with Crippen molar-refractivity contribution in [2.75, 3.05) is 13.1 Å². The predicted octanol–water partition coefficient (Wildman–Crippen LogP) is 3.57. The summed E-state index contributed by atoms with van der Waals surface area (Å²) in [7, 11) is 0. The fourth-order valence-electron chi connectivity index (χ4n) is 3.69. The predicted molar refractivity (Wildman–Crippen MR) is 108 cm³/mol. The van der Waals surface area contributed by atoms with Crippen LogP contribution in [0.25, 0.3) is 0 Å². The number of amides is 3. The van der Waals surface area contributed by atoms with Gasteiger partial charge in [-0.2, -0.15) is 0 Å². The molecule has 1 aromatic heterocycles. The number of hydrogen-bond donors (Lipinski definition) is 2. The largest absolute Gasteiger partial charge is 0.467 e. The number of likely N-dealkylation sites (tertiary alicyclic amines) is 1. The van der Waals surface area contributed by atoms with Crippen LogP contribution in [0.3, 0.4) is 0 Å². The van der Waals surface area contributed by atoms with Crippen molar-refractivity contribution in [3.63, 3.8) is 0 Å². The fraction of sp³-hybridized carbons (Fsp3) is 0.455. The first-order valence-electron chi connectivity index (χ1n) is 9.95. The van der Waals surface area contributed by atoms with E-state index in [2.05, 4.69) is 10.6 Å². The summed E-state index contributed by atoms with van der Waals surface area (Å²) >= 11 is 0. The molecule has 0 unspecified atom stereocenters. The average molecular weight is 401 g/mol. The van der Waals surface area contributed by atoms with Gasteiger partial charge < -0.3 is 20.0 Å². The number of urea groups is 1. The third kappa shape index (κ3) is 5.37. The minimum Gasteiger partial charge on any atom is -0.467 e. The Morgan fingerprint density at radius 1 is 1.28 bits per heavy atom. The van der Waals surface area contributed by atoms with Crippen molar-refractivity contribution in [3.05, 3.63) is 59.3 Å². The summed E-state index contributed by atoms with van der Waals surface area (Å²) in [4.78, 5) is 27.1. The second-order valence-electron chi connectivity index (χ2n) is 7.94. The Bertz CT molecular complexity index is 851. The second-order valence-corrected chi connectivity index (χ2v) is 7.94. The number of carbonyl (C=O) groups excluding carboxylic acids is 2. The highest BCUT2D eigenvalue weighted by molar-refractivity contribution is 5.81. The molecular formula is C22H28FN3O3. The number of benzene rings is 1. The van der Waals surface area contributed by atoms with E-state index in [1.165, 1.54) is 6.07 Å². The number of furan rings is 1. The van der Waals surface area contributed by atoms with Gasteiger partial charge in [0.15, 0.2) is 0 Å².